The highest BCUT2D eigenvalue weighted by Crippen LogP contribution is 2.37. The molecular weight excluding hydrogens is 611 g/mol. The smallest absolute Gasteiger partial charge is 0.305 e. The fraction of sp³-hybridized carbons (Fsp3) is 0.485. The molecule has 2 saturated heterocycles. The van der Waals surface area contributed by atoms with E-state index in [0.717, 1.165) is 55.2 Å². The van der Waals surface area contributed by atoms with E-state index in [0.29, 0.717) is 47.7 Å². The van der Waals surface area contributed by atoms with Crippen molar-refractivity contribution in [1.82, 2.24) is 25.1 Å². The molecule has 0 radical (unpaired) electrons. The largest absolute Gasteiger partial charge is 0.506 e. The van der Waals surface area contributed by atoms with E-state index in [2.05, 4.69) is 58.3 Å². The standard InChI is InChI=1S/C33H41N5O5S2/c1-21-35-25(18-44-21)30(41)38-19-32(2,3)43-33(20-38)10-13-37(14-11-33)17-23-6-4-5-22(15-23)9-12-34-16-27(40)24-7-8-26(39)28-29(24)45-31(42)36-28/h4-8,15,18,27,34,39-40H,9-14,16-17,19-20H2,1-3H3,(H,36,42)/t27-/m0/s1. The topological polar surface area (TPSA) is 131 Å². The second-order valence-corrected chi connectivity index (χ2v) is 15.0. The Morgan fingerprint density at radius 2 is 1.96 bits per heavy atom. The number of fused-ring (bicyclic) bond motifs is 1. The van der Waals surface area contributed by atoms with E-state index in [1.807, 2.05) is 17.2 Å². The van der Waals surface area contributed by atoms with Gasteiger partial charge in [0, 0.05) is 43.7 Å². The number of phenols is 1. The molecule has 12 heteroatoms. The van der Waals surface area contributed by atoms with Crippen LogP contribution in [-0.2, 0) is 17.7 Å². The fourth-order valence-corrected chi connectivity index (χ4v) is 8.19. The van der Waals surface area contributed by atoms with Gasteiger partial charge < -0.3 is 30.2 Å². The molecule has 6 rings (SSSR count). The number of aryl methyl sites for hydroxylation is 1. The van der Waals surface area contributed by atoms with Crippen LogP contribution in [0.4, 0.5) is 0 Å². The maximum atomic E-state index is 13.3. The summed E-state index contributed by atoms with van der Waals surface area (Å²) < 4.78 is 7.26. The van der Waals surface area contributed by atoms with Crippen LogP contribution >= 0.6 is 22.7 Å². The molecular formula is C33H41N5O5S2. The number of rotatable bonds is 9. The van der Waals surface area contributed by atoms with Crippen LogP contribution in [0.25, 0.3) is 10.2 Å². The molecule has 1 atom stereocenters. The molecule has 2 aliphatic rings. The Hall–Kier alpha value is -3.13. The Balaban J connectivity index is 0.995. The van der Waals surface area contributed by atoms with Crippen molar-refractivity contribution in [3.05, 3.63) is 78.8 Å². The molecule has 2 aromatic carbocycles. The van der Waals surface area contributed by atoms with Gasteiger partial charge in [-0.05, 0) is 63.8 Å². The number of ether oxygens (including phenoxy) is 1. The molecule has 0 aliphatic carbocycles. The predicted octanol–water partition coefficient (Wildman–Crippen LogP) is 4.21. The molecule has 0 unspecified atom stereocenters. The van der Waals surface area contributed by atoms with Gasteiger partial charge in [0.15, 0.2) is 0 Å². The monoisotopic (exact) mass is 651 g/mol. The molecule has 240 valence electrons. The Bertz CT molecular complexity index is 1720. The van der Waals surface area contributed by atoms with E-state index < -0.39 is 11.7 Å². The highest BCUT2D eigenvalue weighted by atomic mass is 32.1. The van der Waals surface area contributed by atoms with Crippen LogP contribution in [0.2, 0.25) is 0 Å². The number of H-pyrrole nitrogens is 1. The zero-order chi connectivity index (χ0) is 31.8. The van der Waals surface area contributed by atoms with E-state index in [9.17, 15) is 19.8 Å². The van der Waals surface area contributed by atoms with Gasteiger partial charge in [0.25, 0.3) is 5.91 Å². The Kier molecular flexibility index (Phi) is 9.15. The predicted molar refractivity (Wildman–Crippen MR) is 177 cm³/mol. The number of amides is 1. The SMILES string of the molecule is Cc1nc(C(=O)N2CC(C)(C)OC3(CCN(Cc4cccc(CCNC[C@H](O)c5ccc(O)c6[nH]c(=O)sc56)c4)CC3)C2)cs1. The van der Waals surface area contributed by atoms with Gasteiger partial charge in [-0.3, -0.25) is 14.5 Å². The van der Waals surface area contributed by atoms with Gasteiger partial charge in [-0.25, -0.2) is 4.98 Å². The Morgan fingerprint density at radius 1 is 1.18 bits per heavy atom. The lowest BCUT2D eigenvalue weighted by molar-refractivity contribution is -0.205. The average Bonchev–Trinajstić information content (AvgIpc) is 3.61. The van der Waals surface area contributed by atoms with Gasteiger partial charge in [0.2, 0.25) is 0 Å². The molecule has 2 aliphatic heterocycles. The van der Waals surface area contributed by atoms with E-state index in [4.69, 9.17) is 4.74 Å². The number of nitrogens with zero attached hydrogens (tertiary/aromatic N) is 3. The maximum Gasteiger partial charge on any atom is 0.305 e. The number of benzene rings is 2. The van der Waals surface area contributed by atoms with E-state index in [1.54, 1.807) is 6.07 Å². The number of hydrogen-bond acceptors (Lipinski definition) is 10. The third-order valence-electron chi connectivity index (χ3n) is 8.71. The maximum absolute atomic E-state index is 13.3. The lowest BCUT2D eigenvalue weighted by Gasteiger charge is -2.53. The number of aliphatic hydroxyl groups is 1. The molecule has 0 saturated carbocycles. The molecule has 4 heterocycles. The minimum atomic E-state index is -0.798. The molecule has 4 N–H and O–H groups in total. The van der Waals surface area contributed by atoms with Crippen LogP contribution in [0.3, 0.4) is 0 Å². The Morgan fingerprint density at radius 3 is 2.71 bits per heavy atom. The van der Waals surface area contributed by atoms with Crippen LogP contribution in [0.15, 0.2) is 46.6 Å². The lowest BCUT2D eigenvalue weighted by atomic mass is 9.86. The third-order valence-corrected chi connectivity index (χ3v) is 10.4. The second kappa shape index (κ2) is 12.9. The fourth-order valence-electron chi connectivity index (χ4n) is 6.69. The second-order valence-electron chi connectivity index (χ2n) is 12.9. The summed E-state index contributed by atoms with van der Waals surface area (Å²) in [5, 5.41) is 26.9. The van der Waals surface area contributed by atoms with Crippen molar-refractivity contribution >= 4 is 38.8 Å². The zero-order valence-corrected chi connectivity index (χ0v) is 27.6. The number of aromatic nitrogens is 2. The van der Waals surface area contributed by atoms with Crippen LogP contribution in [0, 0.1) is 6.92 Å². The van der Waals surface area contributed by atoms with Crippen LogP contribution in [0.1, 0.15) is 65.0 Å². The van der Waals surface area contributed by atoms with Gasteiger partial charge in [-0.2, -0.15) is 0 Å². The minimum absolute atomic E-state index is 0.00299. The molecule has 2 fully saturated rings. The summed E-state index contributed by atoms with van der Waals surface area (Å²) >= 11 is 2.50. The number of carbonyl (C=O) groups excluding carboxylic acids is 1. The first-order valence-corrected chi connectivity index (χ1v) is 17.1. The van der Waals surface area contributed by atoms with Crippen molar-refractivity contribution in [2.75, 3.05) is 39.3 Å². The zero-order valence-electron chi connectivity index (χ0n) is 26.0. The summed E-state index contributed by atoms with van der Waals surface area (Å²) in [6.07, 6.45) is 1.76. The Labute approximate surface area is 270 Å². The van der Waals surface area contributed by atoms with Crippen molar-refractivity contribution in [2.45, 2.75) is 63.9 Å². The average molecular weight is 652 g/mol. The molecule has 1 amide bonds. The first-order chi connectivity index (χ1) is 21.5. The summed E-state index contributed by atoms with van der Waals surface area (Å²) in [5.41, 5.74) is 3.25. The molecule has 0 bridgehead atoms. The van der Waals surface area contributed by atoms with Gasteiger partial charge in [0.05, 0.1) is 33.6 Å². The molecule has 2 aromatic heterocycles. The molecule has 4 aromatic rings. The van der Waals surface area contributed by atoms with Crippen molar-refractivity contribution in [3.8, 4) is 5.75 Å². The van der Waals surface area contributed by atoms with Gasteiger partial charge in [-0.1, -0.05) is 41.7 Å². The summed E-state index contributed by atoms with van der Waals surface area (Å²) in [4.78, 5) is 36.3. The first kappa shape index (κ1) is 31.8. The molecule has 10 nitrogen and oxygen atoms in total. The van der Waals surface area contributed by atoms with E-state index >= 15 is 0 Å². The normalized spacial score (nSPS) is 18.9. The summed E-state index contributed by atoms with van der Waals surface area (Å²) in [5.74, 6) is -0.00165. The lowest BCUT2D eigenvalue weighted by Crippen LogP contribution is -2.63. The minimum Gasteiger partial charge on any atom is -0.506 e. The number of piperidine rings is 1. The van der Waals surface area contributed by atoms with Crippen LogP contribution in [0.5, 0.6) is 5.75 Å². The summed E-state index contributed by atoms with van der Waals surface area (Å²) in [7, 11) is 0. The number of likely N-dealkylation sites (tertiary alicyclic amines) is 1. The number of nitrogens with one attached hydrogen (secondary N) is 2. The van der Waals surface area contributed by atoms with Gasteiger partial charge in [0.1, 0.15) is 17.0 Å². The summed E-state index contributed by atoms with van der Waals surface area (Å²) in [6, 6.07) is 11.8. The highest BCUT2D eigenvalue weighted by molar-refractivity contribution is 7.16. The number of hydrogen-bond donors (Lipinski definition) is 4. The highest BCUT2D eigenvalue weighted by Gasteiger charge is 2.47. The van der Waals surface area contributed by atoms with Gasteiger partial charge in [-0.15, -0.1) is 11.3 Å². The molecule has 1 spiro atoms. The van der Waals surface area contributed by atoms with E-state index in [-0.39, 0.29) is 22.1 Å². The van der Waals surface area contributed by atoms with Crippen LogP contribution in [-0.4, -0.2) is 86.4 Å². The number of aliphatic hydroxyl groups excluding tert-OH is 1. The number of carbonyl (C=O) groups is 1. The third kappa shape index (κ3) is 7.32. The molecule has 45 heavy (non-hydrogen) atoms. The number of thiazole rings is 2. The number of aromatic amines is 1. The number of aromatic hydroxyl groups is 1. The first-order valence-electron chi connectivity index (χ1n) is 15.4. The van der Waals surface area contributed by atoms with E-state index in [1.165, 1.54) is 28.5 Å². The van der Waals surface area contributed by atoms with Crippen molar-refractivity contribution in [2.24, 2.45) is 0 Å². The van der Waals surface area contributed by atoms with Gasteiger partial charge >= 0.3 is 4.87 Å². The summed E-state index contributed by atoms with van der Waals surface area (Å²) in [6.45, 7) is 10.9. The van der Waals surface area contributed by atoms with Crippen LogP contribution < -0.4 is 10.2 Å². The van der Waals surface area contributed by atoms with Crippen molar-refractivity contribution in [3.63, 3.8) is 0 Å². The number of phenolic OH excluding ortho intramolecular Hbond substituents is 1. The van der Waals surface area contributed by atoms with Crippen molar-refractivity contribution < 1.29 is 19.7 Å². The quantitative estimate of drug-likeness (QED) is 0.198. The van der Waals surface area contributed by atoms with Crippen molar-refractivity contribution in [1.29, 1.82) is 0 Å². The number of morpholine rings is 1.